The highest BCUT2D eigenvalue weighted by Crippen LogP contribution is 2.36. The minimum atomic E-state index is -2.38. The van der Waals surface area contributed by atoms with Gasteiger partial charge in [-0.1, -0.05) is 0 Å². The molecule has 2 aliphatic rings. The molecule has 0 aromatic carbocycles. The van der Waals surface area contributed by atoms with E-state index < -0.39 is 74.6 Å². The van der Waals surface area contributed by atoms with Crippen LogP contribution in [-0.2, 0) is 14.2 Å². The second-order valence-corrected chi connectivity index (χ2v) is 5.65. The zero-order valence-corrected chi connectivity index (χ0v) is 12.1. The van der Waals surface area contributed by atoms with Gasteiger partial charge in [0.2, 0.25) is 11.6 Å². The van der Waals surface area contributed by atoms with Crippen molar-refractivity contribution in [2.75, 3.05) is 26.4 Å². The number of hydrogen-bond donors (Lipinski definition) is 8. The average molecular weight is 342 g/mol. The van der Waals surface area contributed by atoms with E-state index in [1.807, 2.05) is 0 Å². The second-order valence-electron chi connectivity index (χ2n) is 5.65. The molecule has 23 heavy (non-hydrogen) atoms. The maximum absolute atomic E-state index is 10.00. The average Bonchev–Trinajstić information content (AvgIpc) is 2.80. The van der Waals surface area contributed by atoms with Gasteiger partial charge in [0.25, 0.3) is 0 Å². The third kappa shape index (κ3) is 3.10. The largest absolute Gasteiger partial charge is 0.394 e. The molecule has 0 saturated carbocycles. The fraction of sp³-hybridized carbons (Fsp3) is 1.00. The Labute approximate surface area is 130 Å². The molecule has 2 rings (SSSR count). The molecule has 0 aromatic rings. The van der Waals surface area contributed by atoms with Gasteiger partial charge in [0.05, 0.1) is 19.8 Å². The van der Waals surface area contributed by atoms with Crippen molar-refractivity contribution in [2.24, 2.45) is 0 Å². The lowest BCUT2D eigenvalue weighted by Gasteiger charge is -2.44. The highest BCUT2D eigenvalue weighted by atomic mass is 16.8. The van der Waals surface area contributed by atoms with Crippen LogP contribution in [0.2, 0.25) is 0 Å². The fourth-order valence-electron chi connectivity index (χ4n) is 2.65. The van der Waals surface area contributed by atoms with Gasteiger partial charge in [0.15, 0.2) is 0 Å². The predicted molar refractivity (Wildman–Crippen MR) is 68.7 cm³/mol. The van der Waals surface area contributed by atoms with Crippen LogP contribution in [0.15, 0.2) is 0 Å². The molecule has 2 saturated heterocycles. The van der Waals surface area contributed by atoms with Gasteiger partial charge in [-0.2, -0.15) is 0 Å². The molecule has 11 heteroatoms. The second kappa shape index (κ2) is 6.82. The number of hydrogen-bond acceptors (Lipinski definition) is 11. The van der Waals surface area contributed by atoms with E-state index in [2.05, 4.69) is 0 Å². The summed E-state index contributed by atoms with van der Waals surface area (Å²) in [6.45, 7) is -3.06. The highest BCUT2D eigenvalue weighted by Gasteiger charge is 2.58. The van der Waals surface area contributed by atoms with Crippen molar-refractivity contribution in [1.82, 2.24) is 0 Å². The van der Waals surface area contributed by atoms with Crippen LogP contribution >= 0.6 is 0 Å². The molecule has 2 heterocycles. The van der Waals surface area contributed by atoms with E-state index in [9.17, 15) is 30.6 Å². The maximum atomic E-state index is 10.00. The Morgan fingerprint density at radius 3 is 2.09 bits per heavy atom. The Kier molecular flexibility index (Phi) is 5.60. The molecule has 0 radical (unpaired) electrons. The summed E-state index contributed by atoms with van der Waals surface area (Å²) in [6, 6.07) is 0. The van der Waals surface area contributed by atoms with Crippen molar-refractivity contribution < 1.29 is 55.1 Å². The summed E-state index contributed by atoms with van der Waals surface area (Å²) in [4.78, 5) is 0. The van der Waals surface area contributed by atoms with E-state index in [0.717, 1.165) is 0 Å². The van der Waals surface area contributed by atoms with Gasteiger partial charge in [-0.05, 0) is 0 Å². The van der Waals surface area contributed by atoms with Crippen LogP contribution in [0, 0.1) is 0 Å². The summed E-state index contributed by atoms with van der Waals surface area (Å²) in [5.41, 5.74) is 0. The van der Waals surface area contributed by atoms with Crippen molar-refractivity contribution in [2.45, 2.75) is 48.2 Å². The summed E-state index contributed by atoms with van der Waals surface area (Å²) < 4.78 is 15.3. The lowest BCUT2D eigenvalue weighted by Crippen LogP contribution is -2.65. The van der Waals surface area contributed by atoms with Crippen LogP contribution in [-0.4, -0.2) is 115 Å². The third-order valence-electron chi connectivity index (χ3n) is 4.15. The third-order valence-corrected chi connectivity index (χ3v) is 4.15. The molecule has 136 valence electrons. The topological polar surface area (TPSA) is 190 Å². The van der Waals surface area contributed by atoms with Crippen molar-refractivity contribution in [3.63, 3.8) is 0 Å². The normalized spacial score (nSPS) is 51.1. The Hall–Kier alpha value is -0.440. The summed E-state index contributed by atoms with van der Waals surface area (Å²) in [5, 5.41) is 76.8. The Balaban J connectivity index is 2.14. The van der Waals surface area contributed by atoms with E-state index in [1.165, 1.54) is 0 Å². The summed E-state index contributed by atoms with van der Waals surface area (Å²) in [6.07, 6.45) is -9.55. The van der Waals surface area contributed by atoms with E-state index >= 15 is 0 Å². The lowest BCUT2D eigenvalue weighted by atomic mass is 9.96. The van der Waals surface area contributed by atoms with Gasteiger partial charge >= 0.3 is 0 Å². The van der Waals surface area contributed by atoms with Gasteiger partial charge < -0.3 is 55.1 Å². The molecule has 8 unspecified atom stereocenters. The predicted octanol–water partition coefficient (Wildman–Crippen LogP) is -5.39. The highest BCUT2D eigenvalue weighted by molar-refractivity contribution is 4.99. The lowest BCUT2D eigenvalue weighted by molar-refractivity contribution is -0.371. The smallest absolute Gasteiger partial charge is 0.222 e. The Morgan fingerprint density at radius 1 is 0.957 bits per heavy atom. The van der Waals surface area contributed by atoms with Crippen molar-refractivity contribution in [3.05, 3.63) is 0 Å². The number of aliphatic hydroxyl groups is 8. The Bertz CT molecular complexity index is 408. The van der Waals surface area contributed by atoms with E-state index in [1.54, 1.807) is 0 Å². The van der Waals surface area contributed by atoms with Gasteiger partial charge in [-0.3, -0.25) is 0 Å². The molecule has 2 fully saturated rings. The van der Waals surface area contributed by atoms with E-state index in [4.69, 9.17) is 24.4 Å². The van der Waals surface area contributed by atoms with Crippen LogP contribution in [0.4, 0.5) is 0 Å². The SMILES string of the molecule is OCC1OC(CO)(OC2COC(O)(CO)C(O)C2O)C(O)C1O. The van der Waals surface area contributed by atoms with Crippen molar-refractivity contribution in [3.8, 4) is 0 Å². The van der Waals surface area contributed by atoms with Crippen molar-refractivity contribution >= 4 is 0 Å². The summed E-state index contributed by atoms with van der Waals surface area (Å²) >= 11 is 0. The first kappa shape index (κ1) is 18.9. The first-order valence-corrected chi connectivity index (χ1v) is 7.01. The molecular weight excluding hydrogens is 320 g/mol. The van der Waals surface area contributed by atoms with E-state index in [-0.39, 0.29) is 0 Å². The quantitative estimate of drug-likeness (QED) is 0.238. The number of aliphatic hydroxyl groups excluding tert-OH is 7. The maximum Gasteiger partial charge on any atom is 0.222 e. The van der Waals surface area contributed by atoms with Gasteiger partial charge in [-0.15, -0.1) is 0 Å². The molecule has 0 aromatic heterocycles. The first-order chi connectivity index (χ1) is 10.7. The minimum Gasteiger partial charge on any atom is -0.394 e. The van der Waals surface area contributed by atoms with E-state index in [0.29, 0.717) is 0 Å². The Morgan fingerprint density at radius 2 is 1.61 bits per heavy atom. The number of rotatable bonds is 5. The monoisotopic (exact) mass is 342 g/mol. The summed E-state index contributed by atoms with van der Waals surface area (Å²) in [5.74, 6) is -4.54. The fourth-order valence-corrected chi connectivity index (χ4v) is 2.65. The van der Waals surface area contributed by atoms with Gasteiger partial charge in [-0.25, -0.2) is 0 Å². The molecule has 11 nitrogen and oxygen atoms in total. The van der Waals surface area contributed by atoms with Crippen LogP contribution < -0.4 is 0 Å². The molecule has 8 N–H and O–H groups in total. The molecular formula is C12H22O11. The van der Waals surface area contributed by atoms with Crippen LogP contribution in [0.3, 0.4) is 0 Å². The molecule has 0 amide bonds. The molecule has 0 spiro atoms. The van der Waals surface area contributed by atoms with Crippen LogP contribution in [0.5, 0.6) is 0 Å². The molecule has 0 bridgehead atoms. The molecule has 0 aliphatic carbocycles. The van der Waals surface area contributed by atoms with Crippen molar-refractivity contribution in [1.29, 1.82) is 0 Å². The van der Waals surface area contributed by atoms with Gasteiger partial charge in [0, 0.05) is 0 Å². The van der Waals surface area contributed by atoms with Crippen LogP contribution in [0.1, 0.15) is 0 Å². The van der Waals surface area contributed by atoms with Crippen LogP contribution in [0.25, 0.3) is 0 Å². The summed E-state index contributed by atoms with van der Waals surface area (Å²) in [7, 11) is 0. The molecule has 8 atom stereocenters. The zero-order valence-electron chi connectivity index (χ0n) is 12.1. The van der Waals surface area contributed by atoms with Gasteiger partial charge in [0.1, 0.15) is 43.2 Å². The number of ether oxygens (including phenoxy) is 3. The standard InChI is InChI=1S/C12H22O11/c13-1-5-7(16)10(19)12(4-15,22-5)23-6-2-21-11(20,3-14)9(18)8(6)17/h5-10,13-20H,1-4H2. The first-order valence-electron chi connectivity index (χ1n) is 7.01. The minimum absolute atomic E-state index is 0.507. The molecule has 2 aliphatic heterocycles. The zero-order chi connectivity index (χ0) is 17.4.